The minimum absolute atomic E-state index is 0.255. The Hall–Kier alpha value is -7.74. The first-order valence-electron chi connectivity index (χ1n) is 22.2. The standard InChI is InChI=1S/C62H43N/c1-61(2)56-37-43(41-19-7-4-8-20-41)31-35-52(56)59-58(38-44-21-9-10-22-47(44)60(59)61)63(45-32-29-42(30-33-45)40-17-5-3-6-18-40)46-34-36-51-50-25-13-16-28-55(50)62(57(51)39-46)53-26-14-11-23-48(53)49-24-12-15-27-54(49)62/h3-39H,1-2H3. The molecule has 0 bridgehead atoms. The first-order valence-corrected chi connectivity index (χ1v) is 22.2. The van der Waals surface area contributed by atoms with Crippen molar-refractivity contribution in [2.45, 2.75) is 24.7 Å². The van der Waals surface area contributed by atoms with E-state index < -0.39 is 5.41 Å². The maximum absolute atomic E-state index is 2.56. The predicted molar refractivity (Wildman–Crippen MR) is 263 cm³/mol. The van der Waals surface area contributed by atoms with Crippen LogP contribution in [-0.2, 0) is 10.8 Å². The molecule has 0 atom stereocenters. The van der Waals surface area contributed by atoms with E-state index in [4.69, 9.17) is 0 Å². The zero-order valence-electron chi connectivity index (χ0n) is 35.3. The van der Waals surface area contributed by atoms with Crippen molar-refractivity contribution < 1.29 is 0 Å². The van der Waals surface area contributed by atoms with Gasteiger partial charge in [-0.25, -0.2) is 0 Å². The number of fused-ring (bicyclic) bond motifs is 15. The number of anilines is 3. The Balaban J connectivity index is 1.10. The summed E-state index contributed by atoms with van der Waals surface area (Å²) in [7, 11) is 0. The number of rotatable bonds is 5. The molecule has 10 aromatic carbocycles. The van der Waals surface area contributed by atoms with Gasteiger partial charge in [-0.05, 0) is 131 Å². The van der Waals surface area contributed by atoms with Crippen LogP contribution in [0, 0.1) is 0 Å². The zero-order valence-corrected chi connectivity index (χ0v) is 35.3. The smallest absolute Gasteiger partial charge is 0.0726 e. The van der Waals surface area contributed by atoms with Gasteiger partial charge in [-0.15, -0.1) is 0 Å². The minimum atomic E-state index is -0.453. The molecule has 0 N–H and O–H groups in total. The van der Waals surface area contributed by atoms with E-state index in [1.165, 1.54) is 105 Å². The van der Waals surface area contributed by atoms with Crippen molar-refractivity contribution in [3.05, 3.63) is 258 Å². The molecule has 1 spiro atoms. The molecule has 3 aliphatic carbocycles. The highest BCUT2D eigenvalue weighted by Crippen LogP contribution is 2.64. The van der Waals surface area contributed by atoms with E-state index in [9.17, 15) is 0 Å². The second-order valence-electron chi connectivity index (χ2n) is 18.0. The van der Waals surface area contributed by atoms with Gasteiger partial charge in [0.25, 0.3) is 0 Å². The van der Waals surface area contributed by atoms with Gasteiger partial charge < -0.3 is 4.90 Å². The lowest BCUT2D eigenvalue weighted by Crippen LogP contribution is -2.26. The van der Waals surface area contributed by atoms with E-state index in [0.29, 0.717) is 0 Å². The topological polar surface area (TPSA) is 3.24 Å². The van der Waals surface area contributed by atoms with Crippen LogP contribution in [0.5, 0.6) is 0 Å². The van der Waals surface area contributed by atoms with Gasteiger partial charge in [-0.2, -0.15) is 0 Å². The molecule has 0 heterocycles. The fraction of sp³-hybridized carbons (Fsp3) is 0.0645. The third-order valence-corrected chi connectivity index (χ3v) is 14.4. The summed E-state index contributed by atoms with van der Waals surface area (Å²) in [4.78, 5) is 2.56. The molecule has 13 rings (SSSR count). The lowest BCUT2D eigenvalue weighted by atomic mass is 9.70. The summed E-state index contributed by atoms with van der Waals surface area (Å²) < 4.78 is 0. The first-order chi connectivity index (χ1) is 31.0. The van der Waals surface area contributed by atoms with Crippen LogP contribution >= 0.6 is 0 Å². The summed E-state index contributed by atoms with van der Waals surface area (Å²) in [5.41, 5.74) is 23.6. The Morgan fingerprint density at radius 1 is 0.333 bits per heavy atom. The number of hydrogen-bond donors (Lipinski definition) is 0. The highest BCUT2D eigenvalue weighted by Gasteiger charge is 2.52. The molecular formula is C62H43N. The summed E-state index contributed by atoms with van der Waals surface area (Å²) >= 11 is 0. The van der Waals surface area contributed by atoms with Crippen LogP contribution in [0.25, 0.3) is 66.4 Å². The van der Waals surface area contributed by atoms with E-state index in [-0.39, 0.29) is 5.41 Å². The van der Waals surface area contributed by atoms with Crippen molar-refractivity contribution in [2.75, 3.05) is 4.90 Å². The van der Waals surface area contributed by atoms with E-state index >= 15 is 0 Å². The van der Waals surface area contributed by atoms with Gasteiger partial charge in [0.1, 0.15) is 0 Å². The molecule has 0 saturated heterocycles. The lowest BCUT2D eigenvalue weighted by molar-refractivity contribution is 0.666. The maximum Gasteiger partial charge on any atom is 0.0726 e. The number of nitrogens with zero attached hydrogens (tertiary/aromatic N) is 1. The monoisotopic (exact) mass is 801 g/mol. The van der Waals surface area contributed by atoms with E-state index in [1.807, 2.05) is 0 Å². The zero-order chi connectivity index (χ0) is 41.9. The van der Waals surface area contributed by atoms with Gasteiger partial charge in [-0.3, -0.25) is 0 Å². The van der Waals surface area contributed by atoms with Gasteiger partial charge in [0, 0.05) is 22.4 Å². The Bertz CT molecular complexity index is 3400. The van der Waals surface area contributed by atoms with Gasteiger partial charge in [0.05, 0.1) is 11.1 Å². The second kappa shape index (κ2) is 13.4. The van der Waals surface area contributed by atoms with Crippen LogP contribution in [0.4, 0.5) is 17.1 Å². The predicted octanol–water partition coefficient (Wildman–Crippen LogP) is 16.3. The van der Waals surface area contributed by atoms with Gasteiger partial charge >= 0.3 is 0 Å². The summed E-state index contributed by atoms with van der Waals surface area (Å²) in [6, 6.07) is 84.0. The summed E-state index contributed by atoms with van der Waals surface area (Å²) in [6.07, 6.45) is 0. The Kier molecular flexibility index (Phi) is 7.64. The SMILES string of the molecule is CC1(C)c2cc(-c3ccccc3)ccc2-c2c(N(c3ccc(-c4ccccc4)cc3)c3ccc4c(c3)C3(c5ccccc5-c5ccccc53)c3ccccc3-4)cc3ccccc3c21. The summed E-state index contributed by atoms with van der Waals surface area (Å²) in [6.45, 7) is 4.85. The average Bonchev–Trinajstić information content (AvgIpc) is 3.91. The molecule has 0 amide bonds. The van der Waals surface area contributed by atoms with Crippen LogP contribution < -0.4 is 4.90 Å². The fourth-order valence-corrected chi connectivity index (χ4v) is 11.7. The van der Waals surface area contributed by atoms with Crippen molar-refractivity contribution >= 4 is 27.8 Å². The second-order valence-corrected chi connectivity index (χ2v) is 18.0. The lowest BCUT2D eigenvalue weighted by Gasteiger charge is -2.33. The number of hydrogen-bond acceptors (Lipinski definition) is 1. The van der Waals surface area contributed by atoms with E-state index in [0.717, 1.165) is 11.4 Å². The quantitative estimate of drug-likeness (QED) is 0.168. The molecule has 10 aromatic rings. The summed E-state index contributed by atoms with van der Waals surface area (Å²) in [5.74, 6) is 0. The molecule has 0 fully saturated rings. The third-order valence-electron chi connectivity index (χ3n) is 14.4. The molecule has 0 radical (unpaired) electrons. The maximum atomic E-state index is 2.56. The van der Waals surface area contributed by atoms with Crippen LogP contribution in [0.1, 0.15) is 47.2 Å². The van der Waals surface area contributed by atoms with Crippen molar-refractivity contribution in [3.63, 3.8) is 0 Å². The van der Waals surface area contributed by atoms with Crippen LogP contribution in [-0.4, -0.2) is 0 Å². The fourth-order valence-electron chi connectivity index (χ4n) is 11.7. The van der Waals surface area contributed by atoms with Crippen molar-refractivity contribution in [1.82, 2.24) is 0 Å². The highest BCUT2D eigenvalue weighted by molar-refractivity contribution is 6.07. The molecule has 296 valence electrons. The molecule has 1 heteroatoms. The van der Waals surface area contributed by atoms with E-state index in [2.05, 4.69) is 243 Å². The molecule has 0 aliphatic heterocycles. The van der Waals surface area contributed by atoms with Crippen LogP contribution in [0.3, 0.4) is 0 Å². The molecule has 3 aliphatic rings. The molecule has 0 aromatic heterocycles. The molecule has 0 saturated carbocycles. The minimum Gasteiger partial charge on any atom is -0.310 e. The van der Waals surface area contributed by atoms with E-state index in [1.54, 1.807) is 0 Å². The van der Waals surface area contributed by atoms with Crippen LogP contribution in [0.15, 0.2) is 224 Å². The molecule has 63 heavy (non-hydrogen) atoms. The Labute approximate surface area is 369 Å². The average molecular weight is 802 g/mol. The van der Waals surface area contributed by atoms with Crippen molar-refractivity contribution in [3.8, 4) is 55.6 Å². The van der Waals surface area contributed by atoms with Gasteiger partial charge in [0.2, 0.25) is 0 Å². The largest absolute Gasteiger partial charge is 0.310 e. The molecule has 0 unspecified atom stereocenters. The van der Waals surface area contributed by atoms with Gasteiger partial charge in [-0.1, -0.05) is 202 Å². The molecule has 1 nitrogen and oxygen atoms in total. The molecular weight excluding hydrogens is 759 g/mol. The van der Waals surface area contributed by atoms with Crippen molar-refractivity contribution in [1.29, 1.82) is 0 Å². The third kappa shape index (κ3) is 4.99. The van der Waals surface area contributed by atoms with Gasteiger partial charge in [0.15, 0.2) is 0 Å². The summed E-state index contributed by atoms with van der Waals surface area (Å²) in [5, 5.41) is 2.55. The Morgan fingerprint density at radius 2 is 0.810 bits per heavy atom. The Morgan fingerprint density at radius 3 is 1.44 bits per heavy atom. The van der Waals surface area contributed by atoms with Crippen LogP contribution in [0.2, 0.25) is 0 Å². The number of benzene rings is 10. The highest BCUT2D eigenvalue weighted by atomic mass is 15.1. The first kappa shape index (κ1) is 36.0. The normalized spacial score (nSPS) is 14.1. The van der Waals surface area contributed by atoms with Crippen molar-refractivity contribution in [2.24, 2.45) is 0 Å².